The summed E-state index contributed by atoms with van der Waals surface area (Å²) in [4.78, 5) is 4.23. The molecular weight excluding hydrogens is 345 g/mol. The van der Waals surface area contributed by atoms with E-state index in [2.05, 4.69) is 20.9 Å². The first-order valence-corrected chi connectivity index (χ1v) is 7.11. The highest BCUT2D eigenvalue weighted by Crippen LogP contribution is 2.34. The molecule has 2 aromatic rings. The highest BCUT2D eigenvalue weighted by Gasteiger charge is 2.31. The zero-order valence-corrected chi connectivity index (χ0v) is 12.9. The number of halogens is 4. The summed E-state index contributed by atoms with van der Waals surface area (Å²) in [7, 11) is 0. The smallest absolute Gasteiger partial charge is 0.324 e. The van der Waals surface area contributed by atoms with Crippen LogP contribution in [-0.2, 0) is 12.6 Å². The van der Waals surface area contributed by atoms with Crippen molar-refractivity contribution in [1.82, 2.24) is 4.98 Å². The van der Waals surface area contributed by atoms with E-state index in [-0.39, 0.29) is 0 Å². The number of nitrogens with two attached hydrogens (primary N) is 1. The average molecular weight is 359 g/mol. The number of hydrogen-bond donors (Lipinski definition) is 1. The van der Waals surface area contributed by atoms with Crippen LogP contribution in [0.15, 0.2) is 41.0 Å². The normalized spacial score (nSPS) is 13.2. The van der Waals surface area contributed by atoms with Gasteiger partial charge in [0.2, 0.25) is 0 Å². The Morgan fingerprint density at radius 2 is 2.00 bits per heavy atom. The van der Waals surface area contributed by atoms with Crippen molar-refractivity contribution in [3.05, 3.63) is 63.4 Å². The van der Waals surface area contributed by atoms with Crippen molar-refractivity contribution in [2.45, 2.75) is 25.6 Å². The minimum absolute atomic E-state index is 0.382. The van der Waals surface area contributed by atoms with Crippen molar-refractivity contribution in [3.8, 4) is 0 Å². The van der Waals surface area contributed by atoms with Crippen molar-refractivity contribution in [3.63, 3.8) is 0 Å². The number of rotatable bonds is 3. The van der Waals surface area contributed by atoms with Gasteiger partial charge in [-0.1, -0.05) is 22.0 Å². The van der Waals surface area contributed by atoms with E-state index in [1.165, 1.54) is 6.07 Å². The molecule has 21 heavy (non-hydrogen) atoms. The largest absolute Gasteiger partial charge is 0.416 e. The number of pyridine rings is 1. The van der Waals surface area contributed by atoms with E-state index in [0.29, 0.717) is 16.5 Å². The molecule has 0 aliphatic rings. The van der Waals surface area contributed by atoms with Crippen molar-refractivity contribution in [2.75, 3.05) is 0 Å². The summed E-state index contributed by atoms with van der Waals surface area (Å²) >= 11 is 3.26. The number of hydrogen-bond acceptors (Lipinski definition) is 2. The summed E-state index contributed by atoms with van der Waals surface area (Å²) < 4.78 is 38.9. The Kier molecular flexibility index (Phi) is 4.68. The lowest BCUT2D eigenvalue weighted by molar-refractivity contribution is -0.137. The number of alkyl halides is 3. The van der Waals surface area contributed by atoms with Gasteiger partial charge in [0.25, 0.3) is 0 Å². The SMILES string of the molecule is Cc1cccnc1CC(N)c1cc(C(F)(F)F)ccc1Br. The minimum atomic E-state index is -4.38. The number of benzene rings is 1. The molecule has 1 unspecified atom stereocenters. The molecule has 2 nitrogen and oxygen atoms in total. The molecule has 0 bridgehead atoms. The molecule has 1 atom stereocenters. The molecule has 6 heteroatoms. The Morgan fingerprint density at radius 3 is 2.62 bits per heavy atom. The Morgan fingerprint density at radius 1 is 1.29 bits per heavy atom. The summed E-state index contributed by atoms with van der Waals surface area (Å²) in [5, 5.41) is 0. The highest BCUT2D eigenvalue weighted by molar-refractivity contribution is 9.10. The Labute approximate surface area is 129 Å². The minimum Gasteiger partial charge on any atom is -0.324 e. The predicted molar refractivity (Wildman–Crippen MR) is 78.8 cm³/mol. The predicted octanol–water partition coefficient (Wildman–Crippen LogP) is 4.41. The summed E-state index contributed by atoms with van der Waals surface area (Å²) in [6.07, 6.45) is -2.35. The number of aromatic nitrogens is 1. The first-order chi connectivity index (χ1) is 9.79. The first-order valence-electron chi connectivity index (χ1n) is 6.31. The van der Waals surface area contributed by atoms with Gasteiger partial charge in [0.1, 0.15) is 0 Å². The van der Waals surface area contributed by atoms with Crippen molar-refractivity contribution >= 4 is 15.9 Å². The monoisotopic (exact) mass is 358 g/mol. The Hall–Kier alpha value is -1.40. The molecule has 1 heterocycles. The van der Waals surface area contributed by atoms with Gasteiger partial charge in [0.15, 0.2) is 0 Å². The van der Waals surface area contributed by atoms with Crippen LogP contribution in [0, 0.1) is 6.92 Å². The van der Waals surface area contributed by atoms with E-state index >= 15 is 0 Å². The third-order valence-electron chi connectivity index (χ3n) is 3.25. The molecule has 2 rings (SSSR count). The van der Waals surface area contributed by atoms with Gasteiger partial charge in [0.05, 0.1) is 5.56 Å². The molecule has 0 aliphatic heterocycles. The van der Waals surface area contributed by atoms with Gasteiger partial charge >= 0.3 is 6.18 Å². The average Bonchev–Trinajstić information content (AvgIpc) is 2.40. The van der Waals surface area contributed by atoms with Crippen LogP contribution < -0.4 is 5.73 Å². The van der Waals surface area contributed by atoms with Crippen LogP contribution in [-0.4, -0.2) is 4.98 Å². The van der Waals surface area contributed by atoms with Crippen LogP contribution in [0.2, 0.25) is 0 Å². The first kappa shape index (κ1) is 16.0. The molecule has 0 saturated carbocycles. The zero-order chi connectivity index (χ0) is 15.6. The van der Waals surface area contributed by atoms with Gasteiger partial charge in [-0.15, -0.1) is 0 Å². The zero-order valence-electron chi connectivity index (χ0n) is 11.3. The van der Waals surface area contributed by atoms with Crippen molar-refractivity contribution in [1.29, 1.82) is 0 Å². The quantitative estimate of drug-likeness (QED) is 0.882. The Bertz CT molecular complexity index is 641. The molecule has 0 aliphatic carbocycles. The lowest BCUT2D eigenvalue weighted by atomic mass is 9.98. The molecule has 0 amide bonds. The molecule has 0 spiro atoms. The van der Waals surface area contributed by atoms with E-state index in [9.17, 15) is 13.2 Å². The van der Waals surface area contributed by atoms with Crippen LogP contribution in [0.5, 0.6) is 0 Å². The van der Waals surface area contributed by atoms with E-state index in [1.807, 2.05) is 19.1 Å². The maximum Gasteiger partial charge on any atom is 0.416 e. The number of aryl methyl sites for hydroxylation is 1. The maximum absolute atomic E-state index is 12.8. The lowest BCUT2D eigenvalue weighted by Gasteiger charge is -2.17. The second kappa shape index (κ2) is 6.15. The van der Waals surface area contributed by atoms with E-state index < -0.39 is 17.8 Å². The maximum atomic E-state index is 12.8. The van der Waals surface area contributed by atoms with E-state index in [4.69, 9.17) is 5.73 Å². The molecule has 1 aromatic carbocycles. The van der Waals surface area contributed by atoms with Crippen LogP contribution in [0.25, 0.3) is 0 Å². The molecule has 0 saturated heterocycles. The summed E-state index contributed by atoms with van der Waals surface area (Å²) in [6.45, 7) is 1.90. The fraction of sp³-hybridized carbons (Fsp3) is 0.267. The molecular formula is C15H14BrF3N2. The molecule has 2 N–H and O–H groups in total. The van der Waals surface area contributed by atoms with Crippen molar-refractivity contribution in [2.24, 2.45) is 5.73 Å². The highest BCUT2D eigenvalue weighted by atomic mass is 79.9. The summed E-state index contributed by atoms with van der Waals surface area (Å²) in [6, 6.07) is 6.65. The van der Waals surface area contributed by atoms with Crippen molar-refractivity contribution < 1.29 is 13.2 Å². The molecule has 1 aromatic heterocycles. The van der Waals surface area contributed by atoms with Crippen LogP contribution >= 0.6 is 15.9 Å². The van der Waals surface area contributed by atoms with Gasteiger partial charge in [-0.25, -0.2) is 0 Å². The molecule has 0 radical (unpaired) electrons. The summed E-state index contributed by atoms with van der Waals surface area (Å²) in [5.41, 5.74) is 7.55. The second-order valence-electron chi connectivity index (χ2n) is 4.81. The number of nitrogens with zero attached hydrogens (tertiary/aromatic N) is 1. The van der Waals surface area contributed by atoms with Crippen LogP contribution in [0.3, 0.4) is 0 Å². The Balaban J connectivity index is 2.31. The van der Waals surface area contributed by atoms with Gasteiger partial charge in [0, 0.05) is 28.8 Å². The van der Waals surface area contributed by atoms with Gasteiger partial charge in [-0.3, -0.25) is 4.98 Å². The topological polar surface area (TPSA) is 38.9 Å². The molecule has 0 fully saturated rings. The van der Waals surface area contributed by atoms with Gasteiger partial charge in [-0.05, 0) is 42.3 Å². The lowest BCUT2D eigenvalue weighted by Crippen LogP contribution is -2.17. The van der Waals surface area contributed by atoms with Crippen LogP contribution in [0.4, 0.5) is 13.2 Å². The third-order valence-corrected chi connectivity index (χ3v) is 3.98. The standard InChI is InChI=1S/C15H14BrF3N2/c1-9-3-2-6-21-14(9)8-13(20)11-7-10(15(17,18)19)4-5-12(11)16/h2-7,13H,8,20H2,1H3. The summed E-state index contributed by atoms with van der Waals surface area (Å²) in [5.74, 6) is 0. The van der Waals surface area contributed by atoms with Gasteiger partial charge < -0.3 is 5.73 Å². The molecule has 112 valence electrons. The van der Waals surface area contributed by atoms with E-state index in [1.54, 1.807) is 6.20 Å². The van der Waals surface area contributed by atoms with E-state index in [0.717, 1.165) is 23.4 Å². The second-order valence-corrected chi connectivity index (χ2v) is 5.67. The fourth-order valence-corrected chi connectivity index (χ4v) is 2.60. The van der Waals surface area contributed by atoms with Crippen LogP contribution in [0.1, 0.15) is 28.4 Å². The third kappa shape index (κ3) is 3.83. The van der Waals surface area contributed by atoms with Gasteiger partial charge in [-0.2, -0.15) is 13.2 Å². The fourth-order valence-electron chi connectivity index (χ4n) is 2.05.